The maximum absolute atomic E-state index is 13.6. The molecule has 0 spiro atoms. The van der Waals surface area contributed by atoms with E-state index in [-0.39, 0.29) is 11.7 Å². The lowest BCUT2D eigenvalue weighted by Gasteiger charge is -2.17. The van der Waals surface area contributed by atoms with Crippen molar-refractivity contribution in [1.29, 1.82) is 0 Å². The zero-order chi connectivity index (χ0) is 28.1. The summed E-state index contributed by atoms with van der Waals surface area (Å²) >= 11 is 8.42. The van der Waals surface area contributed by atoms with Crippen LogP contribution in [-0.2, 0) is 4.79 Å². The van der Waals surface area contributed by atoms with Crippen molar-refractivity contribution in [2.45, 2.75) is 24.0 Å². The van der Waals surface area contributed by atoms with E-state index in [1.54, 1.807) is 12.1 Å². The number of thioether (sulfide) groups is 1. The molecule has 0 saturated carbocycles. The fraction of sp³-hybridized carbons (Fsp3) is 0.0968. The fourth-order valence-corrected chi connectivity index (χ4v) is 6.31. The van der Waals surface area contributed by atoms with Crippen LogP contribution in [0.5, 0.6) is 0 Å². The van der Waals surface area contributed by atoms with E-state index in [0.29, 0.717) is 15.8 Å². The Balaban J connectivity index is 1.30. The number of aryl methyl sites for hydroxylation is 1. The lowest BCUT2D eigenvalue weighted by Crippen LogP contribution is -2.19. The van der Waals surface area contributed by atoms with Crippen LogP contribution in [-0.4, -0.2) is 21.8 Å². The maximum Gasteiger partial charge on any atom is 0.244 e. The van der Waals surface area contributed by atoms with Gasteiger partial charge in [-0.3, -0.25) is 9.59 Å². The van der Waals surface area contributed by atoms with Crippen molar-refractivity contribution in [3.8, 4) is 0 Å². The molecular formula is C31H26N4O2S3. The van der Waals surface area contributed by atoms with Crippen LogP contribution in [0.25, 0.3) is 10.2 Å². The summed E-state index contributed by atoms with van der Waals surface area (Å²) in [6.07, 6.45) is 0. The second kappa shape index (κ2) is 12.4. The van der Waals surface area contributed by atoms with Gasteiger partial charge in [0.15, 0.2) is 16.0 Å². The predicted molar refractivity (Wildman–Crippen MR) is 171 cm³/mol. The SMILES string of the molecule is CC(=O)c1ccc(NC(=S)Nc2cccc(SC(C(=O)Nc3nc4ccc(C)cc4s3)c3ccccc3)c2)cc1. The van der Waals surface area contributed by atoms with Crippen LogP contribution in [0.3, 0.4) is 0 Å². The first-order valence-corrected chi connectivity index (χ1v) is 14.6. The Kier molecular flexibility index (Phi) is 8.54. The van der Waals surface area contributed by atoms with Crippen molar-refractivity contribution in [3.63, 3.8) is 0 Å². The molecule has 0 saturated heterocycles. The number of fused-ring (bicyclic) bond motifs is 1. The first-order valence-electron chi connectivity index (χ1n) is 12.5. The maximum atomic E-state index is 13.6. The average Bonchev–Trinajstić information content (AvgIpc) is 3.33. The van der Waals surface area contributed by atoms with E-state index in [4.69, 9.17) is 12.2 Å². The number of ketones is 1. The van der Waals surface area contributed by atoms with Crippen LogP contribution >= 0.6 is 35.3 Å². The number of nitrogens with zero attached hydrogens (tertiary/aromatic N) is 1. The van der Waals surface area contributed by atoms with Crippen molar-refractivity contribution in [2.75, 3.05) is 16.0 Å². The molecule has 0 radical (unpaired) electrons. The molecular weight excluding hydrogens is 557 g/mol. The van der Waals surface area contributed by atoms with Crippen molar-refractivity contribution in [2.24, 2.45) is 0 Å². The number of thiocarbonyl (C=S) groups is 1. The second-order valence-electron chi connectivity index (χ2n) is 9.13. The summed E-state index contributed by atoms with van der Waals surface area (Å²) in [6.45, 7) is 3.57. The zero-order valence-electron chi connectivity index (χ0n) is 21.8. The lowest BCUT2D eigenvalue weighted by molar-refractivity contribution is -0.115. The Morgan fingerprint density at radius 3 is 2.35 bits per heavy atom. The van der Waals surface area contributed by atoms with Crippen molar-refractivity contribution in [3.05, 3.63) is 114 Å². The van der Waals surface area contributed by atoms with Crippen LogP contribution < -0.4 is 16.0 Å². The molecule has 0 aliphatic carbocycles. The van der Waals surface area contributed by atoms with Gasteiger partial charge in [0.05, 0.1) is 10.2 Å². The topological polar surface area (TPSA) is 83.1 Å². The van der Waals surface area contributed by atoms with Crippen molar-refractivity contribution < 1.29 is 9.59 Å². The Bertz CT molecular complexity index is 1680. The second-order valence-corrected chi connectivity index (χ2v) is 11.7. The molecule has 1 aromatic heterocycles. The van der Waals surface area contributed by atoms with E-state index in [1.807, 2.05) is 85.8 Å². The van der Waals surface area contributed by atoms with Crippen molar-refractivity contribution in [1.82, 2.24) is 4.98 Å². The molecule has 3 N–H and O–H groups in total. The highest BCUT2D eigenvalue weighted by Gasteiger charge is 2.23. The number of aromatic nitrogens is 1. The van der Waals surface area contributed by atoms with Gasteiger partial charge < -0.3 is 16.0 Å². The number of hydrogen-bond acceptors (Lipinski definition) is 6. The van der Waals surface area contributed by atoms with E-state index in [9.17, 15) is 9.59 Å². The Hall–Kier alpha value is -4.05. The normalized spacial score (nSPS) is 11.6. The number of benzene rings is 4. The molecule has 200 valence electrons. The number of anilines is 3. The number of Topliss-reactive ketones (excluding diaryl/α,β-unsaturated/α-hetero) is 1. The third-order valence-electron chi connectivity index (χ3n) is 6.01. The minimum atomic E-state index is -0.491. The molecule has 0 aliphatic heterocycles. The smallest absolute Gasteiger partial charge is 0.244 e. The fourth-order valence-electron chi connectivity index (χ4n) is 4.02. The van der Waals surface area contributed by atoms with E-state index in [0.717, 1.165) is 37.6 Å². The van der Waals surface area contributed by atoms with Crippen LogP contribution in [0.15, 0.2) is 102 Å². The molecule has 1 amide bonds. The van der Waals surface area contributed by atoms with Gasteiger partial charge in [-0.05, 0) is 91.8 Å². The molecule has 4 aromatic carbocycles. The Labute approximate surface area is 246 Å². The number of hydrogen-bond donors (Lipinski definition) is 3. The largest absolute Gasteiger partial charge is 0.332 e. The van der Waals surface area contributed by atoms with Crippen LogP contribution in [0.2, 0.25) is 0 Å². The first-order chi connectivity index (χ1) is 19.3. The summed E-state index contributed by atoms with van der Waals surface area (Å²) in [6, 6.07) is 30.7. The van der Waals surface area contributed by atoms with E-state index < -0.39 is 5.25 Å². The van der Waals surface area contributed by atoms with Gasteiger partial charge in [-0.2, -0.15) is 0 Å². The molecule has 5 rings (SSSR count). The summed E-state index contributed by atoms with van der Waals surface area (Å²) < 4.78 is 1.04. The summed E-state index contributed by atoms with van der Waals surface area (Å²) in [7, 11) is 0. The van der Waals surface area contributed by atoms with Gasteiger partial charge in [-0.1, -0.05) is 53.8 Å². The van der Waals surface area contributed by atoms with Crippen molar-refractivity contribution >= 4 is 78.8 Å². The lowest BCUT2D eigenvalue weighted by atomic mass is 10.1. The molecule has 1 unspecified atom stereocenters. The van der Waals surface area contributed by atoms with Crippen LogP contribution in [0, 0.1) is 6.92 Å². The quantitative estimate of drug-likeness (QED) is 0.0969. The Morgan fingerprint density at radius 1 is 0.850 bits per heavy atom. The minimum Gasteiger partial charge on any atom is -0.332 e. The third kappa shape index (κ3) is 6.93. The highest BCUT2D eigenvalue weighted by Crippen LogP contribution is 2.38. The van der Waals surface area contributed by atoms with E-state index in [2.05, 4.69) is 27.0 Å². The van der Waals surface area contributed by atoms with E-state index >= 15 is 0 Å². The predicted octanol–water partition coefficient (Wildman–Crippen LogP) is 8.09. The number of nitrogens with one attached hydrogen (secondary N) is 3. The summed E-state index contributed by atoms with van der Waals surface area (Å²) in [5.74, 6) is -0.129. The first kappa shape index (κ1) is 27.5. The van der Waals surface area contributed by atoms with Gasteiger partial charge in [0.1, 0.15) is 5.25 Å². The van der Waals surface area contributed by atoms with Gasteiger partial charge in [0.25, 0.3) is 0 Å². The van der Waals surface area contributed by atoms with Gasteiger partial charge in [-0.15, -0.1) is 11.8 Å². The minimum absolute atomic E-state index is 0.0132. The summed E-state index contributed by atoms with van der Waals surface area (Å²) in [5.41, 5.74) is 5.13. The monoisotopic (exact) mass is 582 g/mol. The van der Waals surface area contributed by atoms with Gasteiger partial charge in [0.2, 0.25) is 5.91 Å². The third-order valence-corrected chi connectivity index (χ3v) is 8.40. The highest BCUT2D eigenvalue weighted by atomic mass is 32.2. The molecule has 5 aromatic rings. The van der Waals surface area contributed by atoms with E-state index in [1.165, 1.54) is 30.0 Å². The number of rotatable bonds is 8. The molecule has 0 bridgehead atoms. The standard InChI is InChI=1S/C31H26N4O2S3/c1-19-11-16-26-27(17-19)40-31(34-26)35-29(37)28(22-7-4-3-5-8-22)39-25-10-6-9-24(18-25)33-30(38)32-23-14-12-21(13-15-23)20(2)36/h3-18,28H,1-2H3,(H2,32,33,38)(H,34,35,37). The molecule has 1 atom stereocenters. The molecule has 0 fully saturated rings. The molecule has 40 heavy (non-hydrogen) atoms. The summed E-state index contributed by atoms with van der Waals surface area (Å²) in [5, 5.41) is 9.88. The number of carbonyl (C=O) groups is 2. The average molecular weight is 583 g/mol. The highest BCUT2D eigenvalue weighted by molar-refractivity contribution is 8.00. The molecule has 9 heteroatoms. The zero-order valence-corrected chi connectivity index (χ0v) is 24.3. The number of carbonyl (C=O) groups excluding carboxylic acids is 2. The van der Waals surface area contributed by atoms with Gasteiger partial charge in [0, 0.05) is 21.8 Å². The molecule has 6 nitrogen and oxygen atoms in total. The van der Waals surface area contributed by atoms with Crippen LogP contribution in [0.1, 0.15) is 33.7 Å². The molecule has 0 aliphatic rings. The summed E-state index contributed by atoms with van der Waals surface area (Å²) in [4.78, 5) is 30.6. The Morgan fingerprint density at radius 2 is 1.60 bits per heavy atom. The van der Waals surface area contributed by atoms with Gasteiger partial charge in [-0.25, -0.2) is 4.98 Å². The van der Waals surface area contributed by atoms with Gasteiger partial charge >= 0.3 is 0 Å². The molecule has 1 heterocycles. The number of amides is 1. The van der Waals surface area contributed by atoms with Crippen LogP contribution in [0.4, 0.5) is 16.5 Å². The number of thiazole rings is 1.